The molecule has 2 unspecified atom stereocenters. The Morgan fingerprint density at radius 1 is 0.478 bits per heavy atom. The minimum Gasteiger partial charge on any atom is -0.388 e. The normalized spacial score (nSPS) is 13.5. The Balaban J connectivity index is 1.57. The van der Waals surface area contributed by atoms with Gasteiger partial charge in [0.1, 0.15) is 12.2 Å². The van der Waals surface area contributed by atoms with Gasteiger partial charge in [-0.2, -0.15) is 0 Å². The molecule has 0 fully saturated rings. The lowest BCUT2D eigenvalue weighted by Crippen LogP contribution is -2.24. The molecular weight excluding hydrogens is 599 g/mol. The molecule has 46 heavy (non-hydrogen) atoms. The largest absolute Gasteiger partial charge is 0.388 e. The monoisotopic (exact) mass is 662 g/mol. The van der Waals surface area contributed by atoms with E-state index in [1.54, 1.807) is 0 Å². The molecule has 2 aromatic carbocycles. The third-order valence-electron chi connectivity index (χ3n) is 7.82. The maximum Gasteiger partial charge on any atom is 0.332 e. The second-order valence-electron chi connectivity index (χ2n) is 12.2. The average Bonchev–Trinajstić information content (AvgIpc) is 3.08. The van der Waals surface area contributed by atoms with Gasteiger partial charge in [-0.3, -0.25) is 0 Å². The molecule has 0 aromatic heterocycles. The topological polar surface area (TPSA) is 86.6 Å². The standard InChI is InChI=1S/C38H63O7P/c1-2-3-4-5-6-7-8-9-10-11-12-13-14-21-28-43-46(44-33-37(39)31-41-29-26-35-22-17-15-18-23-35)45-34-38(40)32-42-30-27-36-24-19-16-20-25-36/h15-20,22-25,37-40H,2-14,21,26-34H2,1H3. The highest BCUT2D eigenvalue weighted by atomic mass is 31.2. The van der Waals surface area contributed by atoms with Crippen LogP contribution in [0.4, 0.5) is 0 Å². The van der Waals surface area contributed by atoms with E-state index >= 15 is 0 Å². The molecule has 8 heteroatoms. The number of benzene rings is 2. The molecule has 0 saturated heterocycles. The minimum absolute atomic E-state index is 0.0411. The molecule has 0 radical (unpaired) electrons. The van der Waals surface area contributed by atoms with Crippen LogP contribution in [0.15, 0.2) is 60.7 Å². The zero-order chi connectivity index (χ0) is 32.8. The predicted octanol–water partition coefficient (Wildman–Crippen LogP) is 8.98. The average molecular weight is 663 g/mol. The van der Waals surface area contributed by atoms with Crippen LogP contribution in [0, 0.1) is 0 Å². The molecule has 0 aliphatic rings. The smallest absolute Gasteiger partial charge is 0.332 e. The van der Waals surface area contributed by atoms with Crippen molar-refractivity contribution in [2.75, 3.05) is 46.2 Å². The number of aliphatic hydroxyl groups is 2. The van der Waals surface area contributed by atoms with Crippen LogP contribution in [0.2, 0.25) is 0 Å². The molecule has 262 valence electrons. The van der Waals surface area contributed by atoms with E-state index in [1.165, 1.54) is 88.2 Å². The van der Waals surface area contributed by atoms with Crippen LogP contribution in [0.3, 0.4) is 0 Å². The van der Waals surface area contributed by atoms with Crippen LogP contribution >= 0.6 is 8.60 Å². The third-order valence-corrected chi connectivity index (χ3v) is 8.93. The minimum atomic E-state index is -1.71. The SMILES string of the molecule is CCCCCCCCCCCCCCCCOP(OCC(O)COCCc1ccccc1)OCC(O)COCCc1ccccc1. The zero-order valence-corrected chi connectivity index (χ0v) is 29.5. The van der Waals surface area contributed by atoms with E-state index in [0.717, 1.165) is 25.7 Å². The molecule has 7 nitrogen and oxygen atoms in total. The molecular formula is C38H63O7P. The fourth-order valence-electron chi connectivity index (χ4n) is 5.05. The van der Waals surface area contributed by atoms with Crippen molar-refractivity contribution in [2.45, 2.75) is 122 Å². The van der Waals surface area contributed by atoms with Gasteiger partial charge in [-0.15, -0.1) is 0 Å². The van der Waals surface area contributed by atoms with Gasteiger partial charge in [0, 0.05) is 0 Å². The Morgan fingerprint density at radius 2 is 0.870 bits per heavy atom. The number of unbranched alkanes of at least 4 members (excludes halogenated alkanes) is 13. The molecule has 2 N–H and O–H groups in total. The van der Waals surface area contributed by atoms with Crippen LogP contribution in [0.25, 0.3) is 0 Å². The molecule has 0 heterocycles. The maximum atomic E-state index is 10.4. The summed E-state index contributed by atoms with van der Waals surface area (Å²) < 4.78 is 28.8. The third kappa shape index (κ3) is 23.8. The van der Waals surface area contributed by atoms with E-state index in [4.69, 9.17) is 23.0 Å². The van der Waals surface area contributed by atoms with E-state index in [9.17, 15) is 10.2 Å². The van der Waals surface area contributed by atoms with Gasteiger partial charge in [0.15, 0.2) is 0 Å². The molecule has 0 aliphatic carbocycles. The summed E-state index contributed by atoms with van der Waals surface area (Å²) in [6, 6.07) is 20.3. The number of aliphatic hydroxyl groups excluding tert-OH is 2. The molecule has 0 amide bonds. The lowest BCUT2D eigenvalue weighted by atomic mass is 10.0. The molecule has 0 aliphatic heterocycles. The van der Waals surface area contributed by atoms with Crippen LogP contribution in [0.5, 0.6) is 0 Å². The van der Waals surface area contributed by atoms with Crippen molar-refractivity contribution < 1.29 is 33.3 Å². The van der Waals surface area contributed by atoms with Gasteiger partial charge in [-0.05, 0) is 30.4 Å². The van der Waals surface area contributed by atoms with E-state index in [1.807, 2.05) is 36.4 Å². The van der Waals surface area contributed by atoms with Crippen LogP contribution in [-0.2, 0) is 35.9 Å². The summed E-state index contributed by atoms with van der Waals surface area (Å²) in [5.74, 6) is 0. The van der Waals surface area contributed by atoms with E-state index in [-0.39, 0.29) is 26.4 Å². The van der Waals surface area contributed by atoms with Crippen LogP contribution < -0.4 is 0 Å². The molecule has 0 spiro atoms. The highest BCUT2D eigenvalue weighted by Crippen LogP contribution is 2.40. The summed E-state index contributed by atoms with van der Waals surface area (Å²) in [5, 5.41) is 20.8. The quantitative estimate of drug-likeness (QED) is 0.0597. The molecule has 2 rings (SSSR count). The summed E-state index contributed by atoms with van der Waals surface area (Å²) in [6.07, 6.45) is 18.2. The summed E-state index contributed by atoms with van der Waals surface area (Å²) in [6.45, 7) is 4.28. The summed E-state index contributed by atoms with van der Waals surface area (Å²) in [4.78, 5) is 0. The Labute approximate surface area is 281 Å². The highest BCUT2D eigenvalue weighted by Gasteiger charge is 2.18. The van der Waals surface area contributed by atoms with E-state index in [2.05, 4.69) is 31.2 Å². The van der Waals surface area contributed by atoms with Gasteiger partial charge in [0.25, 0.3) is 0 Å². The van der Waals surface area contributed by atoms with E-state index < -0.39 is 20.8 Å². The Morgan fingerprint density at radius 3 is 1.28 bits per heavy atom. The summed E-state index contributed by atoms with van der Waals surface area (Å²) in [5.41, 5.74) is 2.40. The number of ether oxygens (including phenoxy) is 2. The fourth-order valence-corrected chi connectivity index (χ4v) is 6.14. The van der Waals surface area contributed by atoms with Gasteiger partial charge >= 0.3 is 8.60 Å². The molecule has 2 aromatic rings. The first-order valence-corrected chi connectivity index (χ1v) is 19.0. The second kappa shape index (κ2) is 29.7. The van der Waals surface area contributed by atoms with Crippen molar-refractivity contribution in [3.05, 3.63) is 71.8 Å². The number of rotatable bonds is 32. The van der Waals surface area contributed by atoms with E-state index in [0.29, 0.717) is 19.8 Å². The van der Waals surface area contributed by atoms with Crippen LogP contribution in [-0.4, -0.2) is 68.7 Å². The van der Waals surface area contributed by atoms with Gasteiger partial charge in [-0.25, -0.2) is 0 Å². The van der Waals surface area contributed by atoms with Crippen molar-refractivity contribution in [3.8, 4) is 0 Å². The first-order valence-electron chi connectivity index (χ1n) is 18.0. The molecule has 2 atom stereocenters. The van der Waals surface area contributed by atoms with Gasteiger partial charge < -0.3 is 33.3 Å². The Hall–Kier alpha value is -1.41. The second-order valence-corrected chi connectivity index (χ2v) is 13.4. The lowest BCUT2D eigenvalue weighted by molar-refractivity contribution is -0.00652. The number of hydrogen-bond donors (Lipinski definition) is 2. The summed E-state index contributed by atoms with van der Waals surface area (Å²) in [7, 11) is -1.71. The van der Waals surface area contributed by atoms with Crippen molar-refractivity contribution >= 4 is 8.60 Å². The van der Waals surface area contributed by atoms with Crippen molar-refractivity contribution in [3.63, 3.8) is 0 Å². The van der Waals surface area contributed by atoms with Gasteiger partial charge in [0.2, 0.25) is 0 Å². The Bertz CT molecular complexity index is 847. The molecule has 0 bridgehead atoms. The predicted molar refractivity (Wildman–Crippen MR) is 189 cm³/mol. The van der Waals surface area contributed by atoms with Gasteiger partial charge in [-0.1, -0.05) is 151 Å². The fraction of sp³-hybridized carbons (Fsp3) is 0.684. The first-order chi connectivity index (χ1) is 22.7. The van der Waals surface area contributed by atoms with Crippen molar-refractivity contribution in [1.29, 1.82) is 0 Å². The van der Waals surface area contributed by atoms with Crippen molar-refractivity contribution in [1.82, 2.24) is 0 Å². The zero-order valence-electron chi connectivity index (χ0n) is 28.6. The van der Waals surface area contributed by atoms with Gasteiger partial charge in [0.05, 0.1) is 46.2 Å². The molecule has 0 saturated carbocycles. The lowest BCUT2D eigenvalue weighted by Gasteiger charge is -2.20. The maximum absolute atomic E-state index is 10.4. The summed E-state index contributed by atoms with van der Waals surface area (Å²) >= 11 is 0. The highest BCUT2D eigenvalue weighted by molar-refractivity contribution is 7.41. The van der Waals surface area contributed by atoms with Crippen molar-refractivity contribution in [2.24, 2.45) is 0 Å². The first kappa shape index (κ1) is 40.8. The van der Waals surface area contributed by atoms with Crippen LogP contribution in [0.1, 0.15) is 108 Å². The number of hydrogen-bond acceptors (Lipinski definition) is 7. The Kier molecular flexibility index (Phi) is 26.3.